The molecule has 10 unspecified atom stereocenters. The molecule has 4 saturated carbocycles. The van der Waals surface area contributed by atoms with Crippen molar-refractivity contribution in [2.24, 2.45) is 57.7 Å². The van der Waals surface area contributed by atoms with Crippen LogP contribution in [0.3, 0.4) is 0 Å². The van der Waals surface area contributed by atoms with E-state index in [-0.39, 0.29) is 23.9 Å². The summed E-state index contributed by atoms with van der Waals surface area (Å²) in [5, 5.41) is 4.20. The number of nitrogens with one attached hydrogen (secondary N) is 1. The first-order valence-electron chi connectivity index (χ1n) is 19.5. The van der Waals surface area contributed by atoms with E-state index in [0.29, 0.717) is 34.4 Å². The molecule has 7 aliphatic rings. The zero-order valence-electron chi connectivity index (χ0n) is 29.9. The highest BCUT2D eigenvalue weighted by molar-refractivity contribution is 7.91. The van der Waals surface area contributed by atoms with E-state index in [9.17, 15) is 12.8 Å². The summed E-state index contributed by atoms with van der Waals surface area (Å²) >= 11 is 0. The van der Waals surface area contributed by atoms with E-state index >= 15 is 0 Å². The summed E-state index contributed by atoms with van der Waals surface area (Å²) in [5.74, 6) is 5.17. The van der Waals surface area contributed by atoms with Crippen LogP contribution in [0, 0.1) is 57.7 Å². The fourth-order valence-electron chi connectivity index (χ4n) is 14.0. The number of sulfone groups is 1. The second kappa shape index (κ2) is 12.3. The topological polar surface area (TPSA) is 49.4 Å². The number of nitrogens with zero attached hydrogens (tertiary/aromatic N) is 1. The molecule has 0 amide bonds. The van der Waals surface area contributed by atoms with E-state index in [1.807, 2.05) is 0 Å². The summed E-state index contributed by atoms with van der Waals surface area (Å²) in [6.45, 7) is 16.1. The number of allylic oxidation sites excluding steroid dienone is 4. The molecule has 0 aromatic heterocycles. The lowest BCUT2D eigenvalue weighted by Crippen LogP contribution is -2.64. The van der Waals surface area contributed by atoms with E-state index in [0.717, 1.165) is 68.5 Å². The van der Waals surface area contributed by atoms with Gasteiger partial charge in [0.2, 0.25) is 0 Å². The van der Waals surface area contributed by atoms with Gasteiger partial charge in [0.05, 0.1) is 18.2 Å². The maximum atomic E-state index is 13.4. The molecule has 6 heteroatoms. The molecule has 4 nitrogen and oxygen atoms in total. The third-order valence-electron chi connectivity index (χ3n) is 15.9. The normalized spacial score (nSPS) is 47.0. The Labute approximate surface area is 281 Å². The highest BCUT2D eigenvalue weighted by Crippen LogP contribution is 2.72. The van der Waals surface area contributed by atoms with Crippen molar-refractivity contribution in [1.29, 1.82) is 0 Å². The highest BCUT2D eigenvalue weighted by atomic mass is 32.2. The molecule has 0 spiro atoms. The molecule has 7 rings (SSSR count). The molecule has 1 aliphatic heterocycles. The molecule has 0 bridgehead atoms. The smallest absolute Gasteiger partial charge is 0.151 e. The van der Waals surface area contributed by atoms with Gasteiger partial charge in [-0.15, -0.1) is 0 Å². The van der Waals surface area contributed by atoms with Crippen molar-refractivity contribution in [3.8, 4) is 0 Å². The Bertz CT molecular complexity index is 1320. The van der Waals surface area contributed by atoms with Crippen LogP contribution < -0.4 is 5.32 Å². The molecule has 5 fully saturated rings. The Morgan fingerprint density at radius 3 is 2.52 bits per heavy atom. The van der Waals surface area contributed by atoms with E-state index in [2.05, 4.69) is 57.0 Å². The molecule has 1 heterocycles. The average molecular weight is 657 g/mol. The van der Waals surface area contributed by atoms with Crippen LogP contribution in [0.4, 0.5) is 4.39 Å². The molecule has 10 atom stereocenters. The molecular formula is C40H65FN2O2S. The van der Waals surface area contributed by atoms with Crippen LogP contribution in [0.2, 0.25) is 0 Å². The van der Waals surface area contributed by atoms with Crippen molar-refractivity contribution in [2.45, 2.75) is 124 Å². The van der Waals surface area contributed by atoms with Crippen LogP contribution in [0.25, 0.3) is 0 Å². The van der Waals surface area contributed by atoms with E-state index in [1.54, 1.807) is 11.1 Å². The molecule has 1 saturated heterocycles. The first-order chi connectivity index (χ1) is 21.8. The molecule has 6 aliphatic carbocycles. The number of fused-ring (bicyclic) bond motifs is 7. The van der Waals surface area contributed by atoms with E-state index in [1.165, 1.54) is 64.2 Å². The molecule has 0 radical (unpaired) electrons. The van der Waals surface area contributed by atoms with Gasteiger partial charge in [0, 0.05) is 31.7 Å². The van der Waals surface area contributed by atoms with Crippen molar-refractivity contribution < 1.29 is 12.8 Å². The van der Waals surface area contributed by atoms with Gasteiger partial charge in [-0.1, -0.05) is 53.2 Å². The fourth-order valence-corrected chi connectivity index (χ4v) is 15.7. The quantitative estimate of drug-likeness (QED) is 0.312. The third kappa shape index (κ3) is 5.62. The maximum Gasteiger partial charge on any atom is 0.151 e. The van der Waals surface area contributed by atoms with Crippen molar-refractivity contribution in [3.05, 3.63) is 23.3 Å². The van der Waals surface area contributed by atoms with Gasteiger partial charge in [0.1, 0.15) is 0 Å². The summed E-state index contributed by atoms with van der Waals surface area (Å²) in [6.07, 6.45) is 21.7. The number of hydrogen-bond acceptors (Lipinski definition) is 4. The lowest BCUT2D eigenvalue weighted by Gasteiger charge is -2.68. The van der Waals surface area contributed by atoms with E-state index in [4.69, 9.17) is 0 Å². The third-order valence-corrected chi connectivity index (χ3v) is 17.8. The van der Waals surface area contributed by atoms with Crippen molar-refractivity contribution in [2.75, 3.05) is 44.4 Å². The number of halogens is 1. The van der Waals surface area contributed by atoms with Crippen LogP contribution in [0.5, 0.6) is 0 Å². The van der Waals surface area contributed by atoms with Crippen molar-refractivity contribution in [1.82, 2.24) is 10.2 Å². The summed E-state index contributed by atoms with van der Waals surface area (Å²) in [4.78, 5) is 2.41. The first-order valence-corrected chi connectivity index (χ1v) is 21.3. The minimum absolute atomic E-state index is 0.167. The summed E-state index contributed by atoms with van der Waals surface area (Å²) < 4.78 is 38.0. The summed E-state index contributed by atoms with van der Waals surface area (Å²) in [7, 11) is -2.90. The molecule has 0 aromatic rings. The zero-order valence-corrected chi connectivity index (χ0v) is 30.7. The zero-order chi connectivity index (χ0) is 32.5. The molecule has 260 valence electrons. The lowest BCUT2D eigenvalue weighted by molar-refractivity contribution is -0.175. The average Bonchev–Trinajstić information content (AvgIpc) is 3.38. The van der Waals surface area contributed by atoms with Gasteiger partial charge >= 0.3 is 0 Å². The minimum Gasteiger partial charge on any atom is -0.310 e. The maximum absolute atomic E-state index is 13.4. The van der Waals surface area contributed by atoms with Gasteiger partial charge in [-0.25, -0.2) is 8.42 Å². The summed E-state index contributed by atoms with van der Waals surface area (Å²) in [6, 6.07) is 0. The van der Waals surface area contributed by atoms with Crippen LogP contribution in [0.1, 0.15) is 118 Å². The lowest BCUT2D eigenvalue weighted by atomic mass is 9.37. The van der Waals surface area contributed by atoms with Gasteiger partial charge in [0.25, 0.3) is 0 Å². The van der Waals surface area contributed by atoms with Crippen LogP contribution in [-0.2, 0) is 9.84 Å². The Balaban J connectivity index is 1.05. The molecule has 0 aromatic carbocycles. The molecule has 46 heavy (non-hydrogen) atoms. The van der Waals surface area contributed by atoms with Crippen molar-refractivity contribution in [3.63, 3.8) is 0 Å². The summed E-state index contributed by atoms with van der Waals surface area (Å²) in [5.41, 5.74) is 4.44. The second-order valence-corrected chi connectivity index (χ2v) is 20.9. The molecule has 1 N–H and O–H groups in total. The van der Waals surface area contributed by atoms with Crippen LogP contribution in [-0.4, -0.2) is 63.2 Å². The predicted octanol–water partition coefficient (Wildman–Crippen LogP) is 8.39. The Morgan fingerprint density at radius 2 is 1.76 bits per heavy atom. The van der Waals surface area contributed by atoms with E-state index < -0.39 is 9.84 Å². The monoisotopic (exact) mass is 656 g/mol. The largest absolute Gasteiger partial charge is 0.310 e. The van der Waals surface area contributed by atoms with Gasteiger partial charge < -0.3 is 10.2 Å². The predicted molar refractivity (Wildman–Crippen MR) is 188 cm³/mol. The van der Waals surface area contributed by atoms with Gasteiger partial charge in [-0.3, -0.25) is 4.39 Å². The van der Waals surface area contributed by atoms with Crippen LogP contribution >= 0.6 is 0 Å². The standard InChI is InChI=1S/C40H65FN2O2S/c1-28-26-43(23-24-46(44,45)27-28)22-21-42-40-17-6-7-34(40)31-12-13-36-38(4,33(31)15-20-40)19-16-35-37(2,3)32(14-18-39(35,36)5)30-10-8-29(25-41)9-11-30/h10,14,28-29,31,33-36,42H,6-9,11-13,15-27H2,1-5H3. The van der Waals surface area contributed by atoms with Gasteiger partial charge in [0.15, 0.2) is 9.84 Å². The Hall–Kier alpha value is -0.720. The van der Waals surface area contributed by atoms with Gasteiger partial charge in [-0.2, -0.15) is 0 Å². The SMILES string of the molecule is CC1CN(CCNC23CCCC2C2CCC4C(C)(CCC5C(C)(C)C(C6=CCC(CF)CC6)=CCC54C)C2CC3)CCS(=O)(=O)C1. The molecular weight excluding hydrogens is 592 g/mol. The first kappa shape index (κ1) is 33.8. The number of rotatable bonds is 6. The van der Waals surface area contributed by atoms with Gasteiger partial charge in [-0.05, 0) is 146 Å². The van der Waals surface area contributed by atoms with Crippen molar-refractivity contribution >= 4 is 9.84 Å². The number of alkyl halides is 1. The fraction of sp³-hybridized carbons (Fsp3) is 0.900. The second-order valence-electron chi connectivity index (χ2n) is 18.7. The highest BCUT2D eigenvalue weighted by Gasteiger charge is 2.65. The minimum atomic E-state index is -2.90. The van der Waals surface area contributed by atoms with Crippen LogP contribution in [0.15, 0.2) is 23.3 Å². The Morgan fingerprint density at radius 1 is 0.935 bits per heavy atom. The Kier molecular flexibility index (Phi) is 8.99. The number of hydrogen-bond donors (Lipinski definition) is 1.